The lowest BCUT2D eigenvalue weighted by molar-refractivity contribution is 0.0693. The molecule has 0 radical (unpaired) electrons. The Hall–Kier alpha value is -2.60. The molecule has 0 fully saturated rings. The molecule has 7 heteroatoms. The first-order valence-electron chi connectivity index (χ1n) is 5.88. The quantitative estimate of drug-likeness (QED) is 0.598. The number of nitrogens with one attached hydrogen (secondary N) is 1. The van der Waals surface area contributed by atoms with Crippen LogP contribution >= 0.6 is 11.6 Å². The van der Waals surface area contributed by atoms with Gasteiger partial charge in [-0.3, -0.25) is 4.79 Å². The summed E-state index contributed by atoms with van der Waals surface area (Å²) < 4.78 is 0. The maximum absolute atomic E-state index is 12.1. The summed E-state index contributed by atoms with van der Waals surface area (Å²) in [5.74, 6) is -2.11. The van der Waals surface area contributed by atoms with Crippen LogP contribution in [0.3, 0.4) is 0 Å². The largest absolute Gasteiger partial charge is 0.507 e. The summed E-state index contributed by atoms with van der Waals surface area (Å²) in [6.07, 6.45) is 0. The molecule has 1 amide bonds. The number of pyridine rings is 1. The molecule has 0 saturated heterocycles. The molecule has 3 N–H and O–H groups in total. The normalized spacial score (nSPS) is 10.2. The number of carboxylic acid groups (broad SMARTS) is 1. The van der Waals surface area contributed by atoms with Crippen LogP contribution in [0.5, 0.6) is 5.75 Å². The van der Waals surface area contributed by atoms with Crippen molar-refractivity contribution in [3.8, 4) is 5.75 Å². The molecule has 0 atom stereocenters. The monoisotopic (exact) mass is 306 g/mol. The van der Waals surface area contributed by atoms with E-state index in [1.54, 1.807) is 13.0 Å². The highest BCUT2D eigenvalue weighted by Gasteiger charge is 2.13. The summed E-state index contributed by atoms with van der Waals surface area (Å²) in [6, 6.07) is 6.73. The highest BCUT2D eigenvalue weighted by Crippen LogP contribution is 2.22. The number of anilines is 1. The Morgan fingerprint density at radius 3 is 2.57 bits per heavy atom. The Balaban J connectivity index is 2.27. The van der Waals surface area contributed by atoms with E-state index in [4.69, 9.17) is 16.7 Å². The Labute approximate surface area is 125 Å². The highest BCUT2D eigenvalue weighted by molar-refractivity contribution is 6.29. The Morgan fingerprint density at radius 1 is 1.24 bits per heavy atom. The number of aromatic nitrogens is 1. The van der Waals surface area contributed by atoms with Crippen molar-refractivity contribution in [2.24, 2.45) is 0 Å². The van der Waals surface area contributed by atoms with Crippen molar-refractivity contribution in [1.29, 1.82) is 0 Å². The van der Waals surface area contributed by atoms with Crippen molar-refractivity contribution in [2.75, 3.05) is 5.32 Å². The minimum absolute atomic E-state index is 0.192. The SMILES string of the molecule is Cc1cc(C(=O)Nc2ccc(O)c(C(=O)O)c2)cc(Cl)n1. The third-order valence-corrected chi connectivity index (χ3v) is 2.86. The van der Waals surface area contributed by atoms with Crippen LogP contribution in [-0.4, -0.2) is 27.1 Å². The molecular weight excluding hydrogens is 296 g/mol. The molecule has 0 unspecified atom stereocenters. The number of aryl methyl sites for hydroxylation is 1. The number of phenols is 1. The second-order valence-electron chi connectivity index (χ2n) is 4.31. The van der Waals surface area contributed by atoms with Crippen molar-refractivity contribution in [1.82, 2.24) is 4.98 Å². The van der Waals surface area contributed by atoms with Crippen LogP contribution in [0.4, 0.5) is 5.69 Å². The number of carbonyl (C=O) groups is 2. The van der Waals surface area contributed by atoms with E-state index in [2.05, 4.69) is 10.3 Å². The summed E-state index contributed by atoms with van der Waals surface area (Å²) in [7, 11) is 0. The van der Waals surface area contributed by atoms with Gasteiger partial charge in [-0.25, -0.2) is 9.78 Å². The van der Waals surface area contributed by atoms with Crippen LogP contribution in [-0.2, 0) is 0 Å². The Kier molecular flexibility index (Phi) is 4.09. The number of benzene rings is 1. The number of nitrogens with zero attached hydrogens (tertiary/aromatic N) is 1. The molecule has 2 rings (SSSR count). The number of aromatic carboxylic acids is 1. The van der Waals surface area contributed by atoms with Crippen LogP contribution in [0.15, 0.2) is 30.3 Å². The molecule has 0 aliphatic rings. The van der Waals surface area contributed by atoms with Gasteiger partial charge in [-0.2, -0.15) is 0 Å². The van der Waals surface area contributed by atoms with Gasteiger partial charge in [0.1, 0.15) is 16.5 Å². The minimum Gasteiger partial charge on any atom is -0.507 e. The van der Waals surface area contributed by atoms with E-state index in [0.29, 0.717) is 11.3 Å². The predicted molar refractivity (Wildman–Crippen MR) is 77.0 cm³/mol. The Bertz CT molecular complexity index is 711. The topological polar surface area (TPSA) is 99.5 Å². The van der Waals surface area contributed by atoms with Crippen molar-refractivity contribution in [2.45, 2.75) is 6.92 Å². The molecule has 0 spiro atoms. The van der Waals surface area contributed by atoms with E-state index in [1.807, 2.05) is 0 Å². The van der Waals surface area contributed by atoms with Crippen molar-refractivity contribution >= 4 is 29.2 Å². The molecule has 21 heavy (non-hydrogen) atoms. The number of amides is 1. The minimum atomic E-state index is -1.29. The smallest absolute Gasteiger partial charge is 0.339 e. The van der Waals surface area contributed by atoms with Crippen molar-refractivity contribution in [3.63, 3.8) is 0 Å². The van der Waals surface area contributed by atoms with Crippen molar-refractivity contribution in [3.05, 3.63) is 52.3 Å². The molecule has 0 aliphatic carbocycles. The molecular formula is C14H11ClN2O4. The number of carboxylic acids is 1. The zero-order valence-electron chi connectivity index (χ0n) is 10.9. The van der Waals surface area contributed by atoms with E-state index in [9.17, 15) is 14.7 Å². The lowest BCUT2D eigenvalue weighted by Gasteiger charge is -2.08. The standard InChI is InChI=1S/C14H11ClN2O4/c1-7-4-8(5-12(15)16-7)13(19)17-9-2-3-11(18)10(6-9)14(20)21/h2-6,18H,1H3,(H,17,19)(H,20,21). The van der Waals surface area contributed by atoms with Gasteiger partial charge in [0.05, 0.1) is 0 Å². The molecule has 0 aliphatic heterocycles. The lowest BCUT2D eigenvalue weighted by Crippen LogP contribution is -2.13. The zero-order valence-corrected chi connectivity index (χ0v) is 11.7. The van der Waals surface area contributed by atoms with E-state index < -0.39 is 11.9 Å². The van der Waals surface area contributed by atoms with Gasteiger partial charge in [0, 0.05) is 16.9 Å². The van der Waals surface area contributed by atoms with Gasteiger partial charge in [0.15, 0.2) is 0 Å². The number of rotatable bonds is 3. The van der Waals surface area contributed by atoms with E-state index in [1.165, 1.54) is 24.3 Å². The Morgan fingerprint density at radius 2 is 1.95 bits per heavy atom. The molecule has 6 nitrogen and oxygen atoms in total. The van der Waals surface area contributed by atoms with Gasteiger partial charge < -0.3 is 15.5 Å². The first kappa shape index (κ1) is 14.8. The van der Waals surface area contributed by atoms with Crippen LogP contribution in [0.1, 0.15) is 26.4 Å². The van der Waals surface area contributed by atoms with Crippen LogP contribution in [0, 0.1) is 6.92 Å². The third-order valence-electron chi connectivity index (χ3n) is 2.67. The van der Waals surface area contributed by atoms with Gasteiger partial charge in [0.25, 0.3) is 5.91 Å². The van der Waals surface area contributed by atoms with E-state index in [0.717, 1.165) is 0 Å². The first-order valence-corrected chi connectivity index (χ1v) is 6.26. The predicted octanol–water partition coefficient (Wildman–Crippen LogP) is 2.70. The third kappa shape index (κ3) is 3.49. The summed E-state index contributed by atoms with van der Waals surface area (Å²) in [5, 5.41) is 21.1. The number of carbonyl (C=O) groups excluding carboxylic acids is 1. The fourth-order valence-electron chi connectivity index (χ4n) is 1.75. The van der Waals surface area contributed by atoms with Crippen LogP contribution < -0.4 is 5.32 Å². The van der Waals surface area contributed by atoms with E-state index >= 15 is 0 Å². The maximum atomic E-state index is 12.1. The van der Waals surface area contributed by atoms with Gasteiger partial charge in [-0.05, 0) is 37.3 Å². The molecule has 0 bridgehead atoms. The number of hydrogen-bond acceptors (Lipinski definition) is 4. The fourth-order valence-corrected chi connectivity index (χ4v) is 2.00. The zero-order chi connectivity index (χ0) is 15.6. The van der Waals surface area contributed by atoms with Crippen molar-refractivity contribution < 1.29 is 19.8 Å². The van der Waals surface area contributed by atoms with Gasteiger partial charge in [-0.1, -0.05) is 11.6 Å². The van der Waals surface area contributed by atoms with Gasteiger partial charge >= 0.3 is 5.97 Å². The molecule has 1 aromatic heterocycles. The fraction of sp³-hybridized carbons (Fsp3) is 0.0714. The summed E-state index contributed by atoms with van der Waals surface area (Å²) >= 11 is 5.78. The molecule has 0 saturated carbocycles. The number of hydrogen-bond donors (Lipinski definition) is 3. The number of halogens is 1. The summed E-state index contributed by atoms with van der Waals surface area (Å²) in [5.41, 5.74) is 0.847. The van der Waals surface area contributed by atoms with Gasteiger partial charge in [0.2, 0.25) is 0 Å². The van der Waals surface area contributed by atoms with E-state index in [-0.39, 0.29) is 22.2 Å². The molecule has 2 aromatic rings. The molecule has 108 valence electrons. The lowest BCUT2D eigenvalue weighted by atomic mass is 10.1. The van der Waals surface area contributed by atoms with Gasteiger partial charge in [-0.15, -0.1) is 0 Å². The summed E-state index contributed by atoms with van der Waals surface area (Å²) in [6.45, 7) is 1.70. The van der Waals surface area contributed by atoms with Crippen LogP contribution in [0.2, 0.25) is 5.15 Å². The van der Waals surface area contributed by atoms with Crippen LogP contribution in [0.25, 0.3) is 0 Å². The maximum Gasteiger partial charge on any atom is 0.339 e. The second-order valence-corrected chi connectivity index (χ2v) is 4.70. The highest BCUT2D eigenvalue weighted by atomic mass is 35.5. The average molecular weight is 307 g/mol. The molecule has 1 heterocycles. The average Bonchev–Trinajstić information content (AvgIpc) is 2.39. The first-order chi connectivity index (χ1) is 9.86. The molecule has 1 aromatic carbocycles. The summed E-state index contributed by atoms with van der Waals surface area (Å²) in [4.78, 5) is 26.9. The number of aromatic hydroxyl groups is 1. The second kappa shape index (κ2) is 5.80.